The molecule has 2 N–H and O–H groups in total. The molecule has 2 heteroatoms. The summed E-state index contributed by atoms with van der Waals surface area (Å²) in [7, 11) is 0. The summed E-state index contributed by atoms with van der Waals surface area (Å²) >= 11 is 3.29. The maximum Gasteiger partial charge on any atom is 0.0393 e. The van der Waals surface area contributed by atoms with E-state index in [9.17, 15) is 0 Å². The van der Waals surface area contributed by atoms with Gasteiger partial charge in [-0.1, -0.05) is 40.7 Å². The van der Waals surface area contributed by atoms with Crippen molar-refractivity contribution in [3.63, 3.8) is 0 Å². The number of hydrogen-bond donors (Lipinski definition) is 1. The minimum atomic E-state index is 0.774. The molecule has 0 atom stereocenters. The van der Waals surface area contributed by atoms with Gasteiger partial charge in [0.05, 0.1) is 0 Å². The Morgan fingerprint density at radius 1 is 1.54 bits per heavy atom. The fraction of sp³-hybridized carbons (Fsp3) is 0.0909. The standard InChI is InChI=1S/C11H12BrN/c1-3-9-5-4-6-11(13)10(9)7-8(2)12/h3-7H,2,13H2,1H3/b9-3-,10-7+. The van der Waals surface area contributed by atoms with Gasteiger partial charge in [0, 0.05) is 15.4 Å². The lowest BCUT2D eigenvalue weighted by molar-refractivity contribution is 1.50. The monoisotopic (exact) mass is 237 g/mol. The van der Waals surface area contributed by atoms with Crippen LogP contribution in [-0.4, -0.2) is 0 Å². The van der Waals surface area contributed by atoms with Crippen molar-refractivity contribution in [2.75, 3.05) is 5.73 Å². The normalized spacial score (nSPS) is 13.4. The zero-order chi connectivity index (χ0) is 9.84. The largest absolute Gasteiger partial charge is 0.398 e. The highest BCUT2D eigenvalue weighted by Gasteiger charge is 1.90. The van der Waals surface area contributed by atoms with Crippen LogP contribution in [0.4, 0.5) is 5.69 Å². The molecule has 1 aromatic rings. The second kappa shape index (κ2) is 4.28. The number of halogens is 1. The van der Waals surface area contributed by atoms with Gasteiger partial charge in [0.15, 0.2) is 0 Å². The van der Waals surface area contributed by atoms with E-state index < -0.39 is 0 Å². The molecule has 0 heterocycles. The number of hydrogen-bond acceptors (Lipinski definition) is 1. The summed E-state index contributed by atoms with van der Waals surface area (Å²) in [5.41, 5.74) is 6.61. The number of allylic oxidation sites excluding steroid dienone is 1. The summed E-state index contributed by atoms with van der Waals surface area (Å²) in [6.45, 7) is 5.75. The van der Waals surface area contributed by atoms with Crippen molar-refractivity contribution in [1.29, 1.82) is 0 Å². The molecule has 0 aliphatic heterocycles. The summed E-state index contributed by atoms with van der Waals surface area (Å²) in [5.74, 6) is 0. The Hall–Kier alpha value is -1.02. The summed E-state index contributed by atoms with van der Waals surface area (Å²) in [4.78, 5) is 0. The van der Waals surface area contributed by atoms with E-state index in [1.165, 1.54) is 0 Å². The van der Waals surface area contributed by atoms with Gasteiger partial charge in [-0.05, 0) is 24.3 Å². The zero-order valence-electron chi connectivity index (χ0n) is 7.55. The second-order valence-electron chi connectivity index (χ2n) is 2.73. The van der Waals surface area contributed by atoms with E-state index >= 15 is 0 Å². The molecule has 0 aromatic heterocycles. The van der Waals surface area contributed by atoms with Crippen LogP contribution >= 0.6 is 15.9 Å². The molecule has 0 bridgehead atoms. The molecule has 0 fully saturated rings. The smallest absolute Gasteiger partial charge is 0.0393 e. The Balaban J connectivity index is 3.60. The van der Waals surface area contributed by atoms with Gasteiger partial charge in [-0.2, -0.15) is 0 Å². The Bertz CT molecular complexity index is 432. The first kappa shape index (κ1) is 10.1. The molecule has 0 aliphatic carbocycles. The highest BCUT2D eigenvalue weighted by atomic mass is 79.9. The average molecular weight is 238 g/mol. The second-order valence-corrected chi connectivity index (χ2v) is 3.75. The summed E-state index contributed by atoms with van der Waals surface area (Å²) in [6, 6.07) is 5.85. The molecule has 13 heavy (non-hydrogen) atoms. The number of anilines is 1. The molecule has 0 aliphatic rings. The van der Waals surface area contributed by atoms with Gasteiger partial charge in [-0.3, -0.25) is 0 Å². The topological polar surface area (TPSA) is 26.0 Å². The van der Waals surface area contributed by atoms with Crippen LogP contribution in [0.1, 0.15) is 6.92 Å². The van der Waals surface area contributed by atoms with Gasteiger partial charge >= 0.3 is 0 Å². The number of benzene rings is 1. The van der Waals surface area contributed by atoms with E-state index in [1.54, 1.807) is 0 Å². The number of nitrogen functional groups attached to an aromatic ring is 1. The quantitative estimate of drug-likeness (QED) is 0.741. The molecule has 1 aromatic carbocycles. The third-order valence-electron chi connectivity index (χ3n) is 1.79. The van der Waals surface area contributed by atoms with Crippen LogP contribution in [0.2, 0.25) is 0 Å². The summed E-state index contributed by atoms with van der Waals surface area (Å²) in [6.07, 6.45) is 3.95. The Morgan fingerprint density at radius 3 is 2.77 bits per heavy atom. The van der Waals surface area contributed by atoms with Crippen LogP contribution in [0.25, 0.3) is 12.2 Å². The Morgan fingerprint density at radius 2 is 2.23 bits per heavy atom. The first-order valence-electron chi connectivity index (χ1n) is 4.02. The number of rotatable bonds is 1. The minimum Gasteiger partial charge on any atom is -0.398 e. The lowest BCUT2D eigenvalue weighted by Crippen LogP contribution is -2.27. The van der Waals surface area contributed by atoms with Crippen LogP contribution < -0.4 is 16.2 Å². The fourth-order valence-electron chi connectivity index (χ4n) is 1.18. The molecule has 1 rings (SSSR count). The van der Waals surface area contributed by atoms with Crippen molar-refractivity contribution >= 4 is 33.8 Å². The summed E-state index contributed by atoms with van der Waals surface area (Å²) in [5, 5.41) is 2.15. The fourth-order valence-corrected chi connectivity index (χ4v) is 1.41. The molecule has 0 unspecified atom stereocenters. The van der Waals surface area contributed by atoms with Crippen molar-refractivity contribution in [3.8, 4) is 0 Å². The highest BCUT2D eigenvalue weighted by Crippen LogP contribution is 2.01. The first-order chi connectivity index (χ1) is 6.15. The molecule has 0 saturated carbocycles. The highest BCUT2D eigenvalue weighted by molar-refractivity contribution is 9.12. The number of nitrogens with two attached hydrogens (primary N) is 1. The molecule has 1 nitrogen and oxygen atoms in total. The maximum atomic E-state index is 5.83. The van der Waals surface area contributed by atoms with Crippen LogP contribution in [0, 0.1) is 0 Å². The van der Waals surface area contributed by atoms with E-state index in [4.69, 9.17) is 5.73 Å². The third kappa shape index (κ3) is 2.46. The Kier molecular flexibility index (Phi) is 3.32. The lowest BCUT2D eigenvalue weighted by Gasteiger charge is -1.95. The van der Waals surface area contributed by atoms with Crippen molar-refractivity contribution < 1.29 is 0 Å². The van der Waals surface area contributed by atoms with E-state index in [0.29, 0.717) is 0 Å². The van der Waals surface area contributed by atoms with Gasteiger partial charge < -0.3 is 5.73 Å². The third-order valence-corrected chi connectivity index (χ3v) is 2.01. The van der Waals surface area contributed by atoms with Crippen LogP contribution in [0.3, 0.4) is 0 Å². The average Bonchev–Trinajstić information content (AvgIpc) is 2.08. The zero-order valence-corrected chi connectivity index (χ0v) is 9.14. The summed E-state index contributed by atoms with van der Waals surface area (Å²) < 4.78 is 0.827. The predicted octanol–water partition coefficient (Wildman–Crippen LogP) is 1.76. The van der Waals surface area contributed by atoms with E-state index in [1.807, 2.05) is 37.3 Å². The van der Waals surface area contributed by atoms with Gasteiger partial charge in [-0.15, -0.1) is 0 Å². The molecule has 0 amide bonds. The lowest BCUT2D eigenvalue weighted by atomic mass is 10.2. The molecular formula is C11H12BrN. The van der Waals surface area contributed by atoms with Crippen molar-refractivity contribution in [2.24, 2.45) is 0 Å². The van der Waals surface area contributed by atoms with E-state index in [2.05, 4.69) is 22.5 Å². The van der Waals surface area contributed by atoms with Crippen LogP contribution in [-0.2, 0) is 0 Å². The van der Waals surface area contributed by atoms with Crippen molar-refractivity contribution in [3.05, 3.63) is 39.7 Å². The molecule has 68 valence electrons. The van der Waals surface area contributed by atoms with Crippen LogP contribution in [0.15, 0.2) is 29.3 Å². The molecule has 0 radical (unpaired) electrons. The first-order valence-corrected chi connectivity index (χ1v) is 4.81. The van der Waals surface area contributed by atoms with Gasteiger partial charge in [0.1, 0.15) is 0 Å². The maximum absolute atomic E-state index is 5.83. The predicted molar refractivity (Wildman–Crippen MR) is 62.8 cm³/mol. The minimum absolute atomic E-state index is 0.774. The van der Waals surface area contributed by atoms with Gasteiger partial charge in [-0.25, -0.2) is 0 Å². The Labute approximate surface area is 86.4 Å². The molecule has 0 spiro atoms. The van der Waals surface area contributed by atoms with Crippen molar-refractivity contribution in [1.82, 2.24) is 0 Å². The van der Waals surface area contributed by atoms with Gasteiger partial charge in [0.25, 0.3) is 0 Å². The molecule has 0 saturated heterocycles. The SMILES string of the molecule is C=C(Br)/C=c1/c(N)ccc/c1=C/C. The van der Waals surface area contributed by atoms with E-state index in [0.717, 1.165) is 20.6 Å². The van der Waals surface area contributed by atoms with E-state index in [-0.39, 0.29) is 0 Å². The van der Waals surface area contributed by atoms with Crippen molar-refractivity contribution in [2.45, 2.75) is 6.92 Å². The molecular weight excluding hydrogens is 226 g/mol. The van der Waals surface area contributed by atoms with Crippen LogP contribution in [0.5, 0.6) is 0 Å². The van der Waals surface area contributed by atoms with Gasteiger partial charge in [0.2, 0.25) is 0 Å².